The van der Waals surface area contributed by atoms with E-state index in [1.165, 1.54) is 11.3 Å². The van der Waals surface area contributed by atoms with Gasteiger partial charge in [0, 0.05) is 17.6 Å². The van der Waals surface area contributed by atoms with E-state index in [-0.39, 0.29) is 18.5 Å². The van der Waals surface area contributed by atoms with Gasteiger partial charge in [0.25, 0.3) is 0 Å². The summed E-state index contributed by atoms with van der Waals surface area (Å²) in [7, 11) is -3.75. The molecule has 1 aliphatic carbocycles. The summed E-state index contributed by atoms with van der Waals surface area (Å²) >= 11 is 6.15. The largest absolute Gasteiger partial charge is 0.352 e. The van der Waals surface area contributed by atoms with Crippen molar-refractivity contribution < 1.29 is 18.0 Å². The van der Waals surface area contributed by atoms with Crippen molar-refractivity contribution in [3.8, 4) is 0 Å². The second-order valence-corrected chi connectivity index (χ2v) is 11.6. The fraction of sp³-hybridized carbons (Fsp3) is 0.462. The first-order chi connectivity index (χ1) is 16.6. The topological polar surface area (TPSA) is 86.8 Å². The average molecular weight is 520 g/mol. The predicted molar refractivity (Wildman–Crippen MR) is 140 cm³/mol. The highest BCUT2D eigenvalue weighted by Gasteiger charge is 2.31. The van der Waals surface area contributed by atoms with E-state index in [0.717, 1.165) is 47.4 Å². The van der Waals surface area contributed by atoms with Crippen molar-refractivity contribution >= 4 is 39.1 Å². The maximum Gasteiger partial charge on any atom is 0.244 e. The lowest BCUT2D eigenvalue weighted by Crippen LogP contribution is -2.53. The Bertz CT molecular complexity index is 1150. The molecular weight excluding hydrogens is 486 g/mol. The number of benzene rings is 2. The van der Waals surface area contributed by atoms with Crippen LogP contribution < -0.4 is 9.62 Å². The number of aryl methyl sites for hydroxylation is 1. The standard InChI is InChI=1S/C26H34ClN3O4S/c1-19-10-7-8-15-24(19)30(35(3,33)34)18-25(31)29(17-21-11-9-12-22(27)16-21)20(2)26(32)28-23-13-5-4-6-14-23/h7-12,15-16,20,23H,4-6,13-14,17-18H2,1-3H3,(H,28,32)/t20-/m0/s1. The molecule has 2 amide bonds. The maximum absolute atomic E-state index is 13.6. The average Bonchev–Trinajstić information content (AvgIpc) is 2.81. The molecule has 190 valence electrons. The van der Waals surface area contributed by atoms with Crippen LogP contribution in [-0.4, -0.2) is 50.0 Å². The highest BCUT2D eigenvalue weighted by molar-refractivity contribution is 7.92. The van der Waals surface area contributed by atoms with E-state index in [0.29, 0.717) is 10.7 Å². The number of para-hydroxylation sites is 1. The zero-order valence-electron chi connectivity index (χ0n) is 20.5. The summed E-state index contributed by atoms with van der Waals surface area (Å²) < 4.78 is 26.4. The van der Waals surface area contributed by atoms with Gasteiger partial charge >= 0.3 is 0 Å². The number of halogens is 1. The molecule has 0 bridgehead atoms. The Labute approximate surface area is 213 Å². The summed E-state index contributed by atoms with van der Waals surface area (Å²) in [5, 5.41) is 3.61. The number of amides is 2. The van der Waals surface area contributed by atoms with Gasteiger partial charge in [0.15, 0.2) is 0 Å². The molecular formula is C26H34ClN3O4S. The minimum atomic E-state index is -3.75. The monoisotopic (exact) mass is 519 g/mol. The molecule has 0 heterocycles. The highest BCUT2D eigenvalue weighted by atomic mass is 35.5. The van der Waals surface area contributed by atoms with Crippen molar-refractivity contribution in [3.63, 3.8) is 0 Å². The first-order valence-corrected chi connectivity index (χ1v) is 14.2. The molecule has 1 fully saturated rings. The molecule has 0 aromatic heterocycles. The molecule has 2 aromatic carbocycles. The second-order valence-electron chi connectivity index (χ2n) is 9.23. The molecule has 1 aliphatic rings. The predicted octanol–water partition coefficient (Wildman–Crippen LogP) is 4.28. The van der Waals surface area contributed by atoms with Crippen LogP contribution in [0.25, 0.3) is 0 Å². The van der Waals surface area contributed by atoms with E-state index >= 15 is 0 Å². The van der Waals surface area contributed by atoms with Gasteiger partial charge < -0.3 is 10.2 Å². The highest BCUT2D eigenvalue weighted by Crippen LogP contribution is 2.23. The number of rotatable bonds is 9. The Morgan fingerprint density at radius 3 is 2.40 bits per heavy atom. The van der Waals surface area contributed by atoms with Gasteiger partial charge in [-0.2, -0.15) is 0 Å². The minimum absolute atomic E-state index is 0.0984. The van der Waals surface area contributed by atoms with Crippen molar-refractivity contribution in [2.45, 2.75) is 64.6 Å². The van der Waals surface area contributed by atoms with Crippen LogP contribution in [0.2, 0.25) is 5.02 Å². The third kappa shape index (κ3) is 7.45. The number of carbonyl (C=O) groups excluding carboxylic acids is 2. The number of hydrogen-bond acceptors (Lipinski definition) is 4. The summed E-state index contributed by atoms with van der Waals surface area (Å²) in [5.41, 5.74) is 1.92. The Balaban J connectivity index is 1.88. The molecule has 1 N–H and O–H groups in total. The van der Waals surface area contributed by atoms with Crippen molar-refractivity contribution in [1.82, 2.24) is 10.2 Å². The normalized spacial score (nSPS) is 15.3. The van der Waals surface area contributed by atoms with Crippen molar-refractivity contribution in [2.24, 2.45) is 0 Å². The third-order valence-corrected chi connectivity index (χ3v) is 7.79. The van der Waals surface area contributed by atoms with Crippen LogP contribution in [0.4, 0.5) is 5.69 Å². The van der Waals surface area contributed by atoms with E-state index in [4.69, 9.17) is 11.6 Å². The summed E-state index contributed by atoms with van der Waals surface area (Å²) in [6.07, 6.45) is 6.24. The van der Waals surface area contributed by atoms with Crippen molar-refractivity contribution in [2.75, 3.05) is 17.1 Å². The minimum Gasteiger partial charge on any atom is -0.352 e. The van der Waals surface area contributed by atoms with Crippen LogP contribution in [0.1, 0.15) is 50.2 Å². The Kier molecular flexibility index (Phi) is 9.19. The molecule has 0 spiro atoms. The Morgan fingerprint density at radius 2 is 1.77 bits per heavy atom. The summed E-state index contributed by atoms with van der Waals surface area (Å²) in [6, 6.07) is 13.4. The van der Waals surface area contributed by atoms with Gasteiger partial charge in [-0.25, -0.2) is 8.42 Å². The van der Waals surface area contributed by atoms with Gasteiger partial charge in [0.2, 0.25) is 21.8 Å². The van der Waals surface area contributed by atoms with E-state index in [9.17, 15) is 18.0 Å². The SMILES string of the molecule is Cc1ccccc1N(CC(=O)N(Cc1cccc(Cl)c1)[C@@H](C)C(=O)NC1CCCCC1)S(C)(=O)=O. The molecule has 0 saturated heterocycles. The number of hydrogen-bond donors (Lipinski definition) is 1. The number of carbonyl (C=O) groups is 2. The molecule has 0 unspecified atom stereocenters. The van der Waals surface area contributed by atoms with Crippen LogP contribution in [0, 0.1) is 6.92 Å². The molecule has 3 rings (SSSR count). The van der Waals surface area contributed by atoms with Crippen LogP contribution >= 0.6 is 11.6 Å². The second kappa shape index (κ2) is 11.9. The lowest BCUT2D eigenvalue weighted by Gasteiger charge is -2.33. The molecule has 35 heavy (non-hydrogen) atoms. The zero-order valence-corrected chi connectivity index (χ0v) is 22.1. The molecule has 1 atom stereocenters. The van der Waals surface area contributed by atoms with Gasteiger partial charge in [-0.1, -0.05) is 61.2 Å². The van der Waals surface area contributed by atoms with Crippen molar-refractivity contribution in [3.05, 3.63) is 64.7 Å². The van der Waals surface area contributed by atoms with Crippen LogP contribution in [-0.2, 0) is 26.2 Å². The number of anilines is 1. The summed E-state index contributed by atoms with van der Waals surface area (Å²) in [6.45, 7) is 3.19. The Hall–Kier alpha value is -2.58. The van der Waals surface area contributed by atoms with Crippen molar-refractivity contribution in [1.29, 1.82) is 0 Å². The van der Waals surface area contributed by atoms with Crippen LogP contribution in [0.5, 0.6) is 0 Å². The summed E-state index contributed by atoms with van der Waals surface area (Å²) in [5.74, 6) is -0.709. The van der Waals surface area contributed by atoms with Gasteiger partial charge in [0.05, 0.1) is 11.9 Å². The number of nitrogens with one attached hydrogen (secondary N) is 1. The molecule has 0 aliphatic heterocycles. The smallest absolute Gasteiger partial charge is 0.244 e. The lowest BCUT2D eigenvalue weighted by atomic mass is 9.95. The zero-order chi connectivity index (χ0) is 25.6. The molecule has 9 heteroatoms. The van der Waals surface area contributed by atoms with Crippen LogP contribution in [0.15, 0.2) is 48.5 Å². The quantitative estimate of drug-likeness (QED) is 0.535. The first kappa shape index (κ1) is 27.0. The Morgan fingerprint density at radius 1 is 1.09 bits per heavy atom. The van der Waals surface area contributed by atoms with E-state index in [1.807, 2.05) is 12.1 Å². The molecule has 0 radical (unpaired) electrons. The summed E-state index contributed by atoms with van der Waals surface area (Å²) in [4.78, 5) is 28.2. The molecule has 1 saturated carbocycles. The van der Waals surface area contributed by atoms with E-state index < -0.39 is 28.5 Å². The third-order valence-electron chi connectivity index (χ3n) is 6.42. The van der Waals surface area contributed by atoms with E-state index in [2.05, 4.69) is 5.32 Å². The fourth-order valence-corrected chi connectivity index (χ4v) is 5.54. The van der Waals surface area contributed by atoms with Crippen LogP contribution in [0.3, 0.4) is 0 Å². The fourth-order valence-electron chi connectivity index (χ4n) is 4.42. The first-order valence-electron chi connectivity index (χ1n) is 11.9. The van der Waals surface area contributed by atoms with Gasteiger partial charge in [-0.3, -0.25) is 13.9 Å². The number of nitrogens with zero attached hydrogens (tertiary/aromatic N) is 2. The van der Waals surface area contributed by atoms with E-state index in [1.54, 1.807) is 50.2 Å². The number of sulfonamides is 1. The van der Waals surface area contributed by atoms with Gasteiger partial charge in [-0.15, -0.1) is 0 Å². The van der Waals surface area contributed by atoms with Gasteiger partial charge in [0.1, 0.15) is 12.6 Å². The van der Waals surface area contributed by atoms with Gasteiger partial charge in [-0.05, 0) is 56.0 Å². The lowest BCUT2D eigenvalue weighted by molar-refractivity contribution is -0.139. The maximum atomic E-state index is 13.6. The molecule has 2 aromatic rings. The molecule has 7 nitrogen and oxygen atoms in total.